The average Bonchev–Trinajstić information content (AvgIpc) is 2.75. The lowest BCUT2D eigenvalue weighted by molar-refractivity contribution is 0.590. The molecule has 2 rings (SSSR count). The SMILES string of the molecule is CCCNC(c1cc(F)cc(Br)c1)c1ccc(Br)s1. The molecule has 102 valence electrons. The molecule has 1 atom stereocenters. The summed E-state index contributed by atoms with van der Waals surface area (Å²) >= 11 is 8.50. The lowest BCUT2D eigenvalue weighted by Crippen LogP contribution is -2.22. The van der Waals surface area contributed by atoms with Crippen LogP contribution in [0.2, 0.25) is 0 Å². The highest BCUT2D eigenvalue weighted by molar-refractivity contribution is 9.11. The van der Waals surface area contributed by atoms with Gasteiger partial charge in [-0.3, -0.25) is 0 Å². The Hall–Kier alpha value is -0.230. The Morgan fingerprint density at radius 2 is 2.05 bits per heavy atom. The lowest BCUT2D eigenvalue weighted by atomic mass is 10.1. The monoisotopic (exact) mass is 405 g/mol. The molecule has 1 N–H and O–H groups in total. The predicted molar refractivity (Wildman–Crippen MR) is 86.3 cm³/mol. The molecule has 1 aromatic carbocycles. The fourth-order valence-electron chi connectivity index (χ4n) is 1.90. The molecule has 1 heterocycles. The maximum Gasteiger partial charge on any atom is 0.124 e. The fraction of sp³-hybridized carbons (Fsp3) is 0.286. The number of thiophene rings is 1. The van der Waals surface area contributed by atoms with E-state index in [0.29, 0.717) is 0 Å². The minimum atomic E-state index is -0.219. The molecule has 0 saturated heterocycles. The van der Waals surface area contributed by atoms with Crippen LogP contribution in [0, 0.1) is 5.82 Å². The van der Waals surface area contributed by atoms with Crippen LogP contribution in [-0.4, -0.2) is 6.54 Å². The molecule has 0 saturated carbocycles. The molecular formula is C14H14Br2FNS. The van der Waals surface area contributed by atoms with E-state index in [1.165, 1.54) is 10.9 Å². The number of rotatable bonds is 5. The zero-order chi connectivity index (χ0) is 13.8. The van der Waals surface area contributed by atoms with Crippen LogP contribution < -0.4 is 5.32 Å². The molecule has 1 aromatic heterocycles. The minimum absolute atomic E-state index is 0.0308. The van der Waals surface area contributed by atoms with Crippen molar-refractivity contribution in [2.24, 2.45) is 0 Å². The van der Waals surface area contributed by atoms with Gasteiger partial charge in [-0.2, -0.15) is 0 Å². The van der Waals surface area contributed by atoms with Crippen LogP contribution >= 0.6 is 43.2 Å². The summed E-state index contributed by atoms with van der Waals surface area (Å²) in [4.78, 5) is 1.18. The van der Waals surface area contributed by atoms with E-state index in [0.717, 1.165) is 26.8 Å². The summed E-state index contributed by atoms with van der Waals surface area (Å²) in [5.41, 5.74) is 0.940. The average molecular weight is 407 g/mol. The van der Waals surface area contributed by atoms with Crippen molar-refractivity contribution in [3.63, 3.8) is 0 Å². The van der Waals surface area contributed by atoms with Gasteiger partial charge < -0.3 is 5.32 Å². The Morgan fingerprint density at radius 3 is 2.63 bits per heavy atom. The van der Waals surface area contributed by atoms with Gasteiger partial charge in [0.2, 0.25) is 0 Å². The molecule has 5 heteroatoms. The predicted octanol–water partition coefficient (Wildman–Crippen LogP) is 5.50. The first kappa shape index (κ1) is 15.2. The smallest absolute Gasteiger partial charge is 0.124 e. The summed E-state index contributed by atoms with van der Waals surface area (Å²) in [6.45, 7) is 3.02. The second-order valence-corrected chi connectivity index (χ2v) is 7.64. The largest absolute Gasteiger partial charge is 0.306 e. The Labute approximate surface area is 133 Å². The van der Waals surface area contributed by atoms with Gasteiger partial charge in [0.15, 0.2) is 0 Å². The highest BCUT2D eigenvalue weighted by Gasteiger charge is 2.16. The van der Waals surface area contributed by atoms with Crippen molar-refractivity contribution in [1.29, 1.82) is 0 Å². The summed E-state index contributed by atoms with van der Waals surface area (Å²) < 4.78 is 15.4. The topological polar surface area (TPSA) is 12.0 Å². The first-order valence-electron chi connectivity index (χ1n) is 6.04. The van der Waals surface area contributed by atoms with Crippen LogP contribution in [0.4, 0.5) is 4.39 Å². The van der Waals surface area contributed by atoms with Gasteiger partial charge in [-0.05, 0) is 64.8 Å². The van der Waals surface area contributed by atoms with Gasteiger partial charge >= 0.3 is 0 Å². The van der Waals surface area contributed by atoms with Gasteiger partial charge in [0.25, 0.3) is 0 Å². The molecule has 0 radical (unpaired) electrons. The summed E-state index contributed by atoms with van der Waals surface area (Å²) in [6.07, 6.45) is 1.04. The second-order valence-electron chi connectivity index (χ2n) is 4.23. The van der Waals surface area contributed by atoms with Crippen molar-refractivity contribution in [3.05, 3.63) is 54.8 Å². The molecule has 0 bridgehead atoms. The van der Waals surface area contributed by atoms with E-state index in [1.54, 1.807) is 17.4 Å². The van der Waals surface area contributed by atoms with E-state index in [2.05, 4.69) is 50.2 Å². The fourth-order valence-corrected chi connectivity index (χ4v) is 3.91. The zero-order valence-corrected chi connectivity index (χ0v) is 14.4. The van der Waals surface area contributed by atoms with Gasteiger partial charge in [-0.25, -0.2) is 4.39 Å². The summed E-state index contributed by atoms with van der Waals surface area (Å²) in [5.74, 6) is -0.219. The minimum Gasteiger partial charge on any atom is -0.306 e. The lowest BCUT2D eigenvalue weighted by Gasteiger charge is -2.18. The van der Waals surface area contributed by atoms with Gasteiger partial charge in [0.05, 0.1) is 9.83 Å². The Bertz CT molecular complexity index is 536. The van der Waals surface area contributed by atoms with E-state index >= 15 is 0 Å². The molecule has 0 fully saturated rings. The van der Waals surface area contributed by atoms with E-state index in [9.17, 15) is 4.39 Å². The molecule has 0 aliphatic carbocycles. The molecule has 19 heavy (non-hydrogen) atoms. The van der Waals surface area contributed by atoms with Crippen LogP contribution in [0.15, 0.2) is 38.6 Å². The number of halogens is 3. The summed E-state index contributed by atoms with van der Waals surface area (Å²) in [7, 11) is 0. The van der Waals surface area contributed by atoms with Crippen LogP contribution in [0.25, 0.3) is 0 Å². The van der Waals surface area contributed by atoms with Crippen LogP contribution in [0.5, 0.6) is 0 Å². The van der Waals surface area contributed by atoms with Crippen molar-refractivity contribution in [3.8, 4) is 0 Å². The number of hydrogen-bond donors (Lipinski definition) is 1. The van der Waals surface area contributed by atoms with E-state index in [4.69, 9.17) is 0 Å². The van der Waals surface area contributed by atoms with Crippen LogP contribution in [0.1, 0.15) is 29.8 Å². The molecule has 1 unspecified atom stereocenters. The standard InChI is InChI=1S/C14H14Br2FNS/c1-2-5-18-14(12-3-4-13(16)19-12)9-6-10(15)8-11(17)7-9/h3-4,6-8,14,18H,2,5H2,1H3. The number of nitrogens with one attached hydrogen (secondary N) is 1. The number of hydrogen-bond acceptors (Lipinski definition) is 2. The van der Waals surface area contributed by atoms with Crippen molar-refractivity contribution in [1.82, 2.24) is 5.32 Å². The first-order chi connectivity index (χ1) is 9.10. The third-order valence-corrected chi connectivity index (χ3v) is 4.84. The molecule has 0 amide bonds. The quantitative estimate of drug-likeness (QED) is 0.690. The molecule has 0 aliphatic rings. The normalized spacial score (nSPS) is 12.6. The Balaban J connectivity index is 2.36. The van der Waals surface area contributed by atoms with Gasteiger partial charge in [0, 0.05) is 9.35 Å². The molecule has 2 aromatic rings. The molecular weight excluding hydrogens is 393 g/mol. The molecule has 1 nitrogen and oxygen atoms in total. The van der Waals surface area contributed by atoms with Crippen molar-refractivity contribution < 1.29 is 4.39 Å². The number of benzene rings is 1. The molecule has 0 aliphatic heterocycles. The van der Waals surface area contributed by atoms with E-state index in [1.807, 2.05) is 12.1 Å². The Morgan fingerprint density at radius 1 is 1.26 bits per heavy atom. The van der Waals surface area contributed by atoms with Gasteiger partial charge in [-0.1, -0.05) is 22.9 Å². The van der Waals surface area contributed by atoms with Crippen LogP contribution in [-0.2, 0) is 0 Å². The maximum atomic E-state index is 13.6. The van der Waals surface area contributed by atoms with Crippen LogP contribution in [0.3, 0.4) is 0 Å². The first-order valence-corrected chi connectivity index (χ1v) is 8.45. The molecule has 0 spiro atoms. The maximum absolute atomic E-state index is 13.6. The van der Waals surface area contributed by atoms with Crippen molar-refractivity contribution in [2.75, 3.05) is 6.54 Å². The van der Waals surface area contributed by atoms with Crippen molar-refractivity contribution >= 4 is 43.2 Å². The van der Waals surface area contributed by atoms with Gasteiger partial charge in [-0.15, -0.1) is 11.3 Å². The summed E-state index contributed by atoms with van der Waals surface area (Å²) in [5, 5.41) is 3.47. The second kappa shape index (κ2) is 6.97. The zero-order valence-electron chi connectivity index (χ0n) is 10.4. The Kier molecular flexibility index (Phi) is 5.57. The van der Waals surface area contributed by atoms with Crippen molar-refractivity contribution in [2.45, 2.75) is 19.4 Å². The highest BCUT2D eigenvalue weighted by Crippen LogP contribution is 2.32. The van der Waals surface area contributed by atoms with Gasteiger partial charge in [0.1, 0.15) is 5.82 Å². The highest BCUT2D eigenvalue weighted by atomic mass is 79.9. The third kappa shape index (κ3) is 4.12. The summed E-state index contributed by atoms with van der Waals surface area (Å²) in [6, 6.07) is 9.15. The third-order valence-electron chi connectivity index (χ3n) is 2.70. The van der Waals surface area contributed by atoms with E-state index in [-0.39, 0.29) is 11.9 Å². The van der Waals surface area contributed by atoms with E-state index < -0.39 is 0 Å².